The molecule has 1 atom stereocenters. The Morgan fingerprint density at radius 2 is 2.03 bits per heavy atom. The van der Waals surface area contributed by atoms with E-state index in [2.05, 4.69) is 16.8 Å². The minimum Gasteiger partial charge on any atom is -0.485 e. The van der Waals surface area contributed by atoms with Gasteiger partial charge in [-0.25, -0.2) is 4.98 Å². The molecule has 0 bridgehead atoms. The SMILES string of the molecule is CNCCC(Oc1cccc(N2CCN(C)c3nc(N(C)C)ccc3C2=O)c1)c1cccs1. The van der Waals surface area contributed by atoms with Gasteiger partial charge in [-0.3, -0.25) is 4.79 Å². The first-order valence-corrected chi connectivity index (χ1v) is 12.0. The van der Waals surface area contributed by atoms with Crippen molar-refractivity contribution in [2.45, 2.75) is 12.5 Å². The van der Waals surface area contributed by atoms with Gasteiger partial charge in [-0.2, -0.15) is 0 Å². The second kappa shape index (κ2) is 10.2. The van der Waals surface area contributed by atoms with Gasteiger partial charge in [0.1, 0.15) is 23.5 Å². The number of likely N-dealkylation sites (N-methyl/N-ethyl adjacent to an activating group) is 1. The van der Waals surface area contributed by atoms with Crippen LogP contribution in [0.3, 0.4) is 0 Å². The Morgan fingerprint density at radius 3 is 2.76 bits per heavy atom. The summed E-state index contributed by atoms with van der Waals surface area (Å²) in [6.45, 7) is 2.12. The molecular formula is C25H31N5O2S. The van der Waals surface area contributed by atoms with Crippen molar-refractivity contribution in [3.05, 3.63) is 64.4 Å². The number of amides is 1. The molecule has 2 aromatic heterocycles. The molecular weight excluding hydrogens is 434 g/mol. The molecule has 1 aliphatic rings. The summed E-state index contributed by atoms with van der Waals surface area (Å²) in [5.41, 5.74) is 1.44. The van der Waals surface area contributed by atoms with Crippen LogP contribution in [0.1, 0.15) is 27.8 Å². The number of fused-ring (bicyclic) bond motifs is 1. The van der Waals surface area contributed by atoms with Crippen molar-refractivity contribution < 1.29 is 9.53 Å². The number of carbonyl (C=O) groups is 1. The highest BCUT2D eigenvalue weighted by atomic mass is 32.1. The molecule has 33 heavy (non-hydrogen) atoms. The highest BCUT2D eigenvalue weighted by Gasteiger charge is 2.28. The Hall–Kier alpha value is -3.10. The van der Waals surface area contributed by atoms with Crippen LogP contribution in [0.5, 0.6) is 5.75 Å². The summed E-state index contributed by atoms with van der Waals surface area (Å²) in [6.07, 6.45) is 0.829. The first-order valence-electron chi connectivity index (χ1n) is 11.1. The molecule has 7 nitrogen and oxygen atoms in total. The van der Waals surface area contributed by atoms with Gasteiger partial charge in [-0.05, 0) is 49.3 Å². The second-order valence-electron chi connectivity index (χ2n) is 8.32. The predicted molar refractivity (Wildman–Crippen MR) is 136 cm³/mol. The van der Waals surface area contributed by atoms with Crippen LogP contribution in [-0.2, 0) is 0 Å². The van der Waals surface area contributed by atoms with Crippen LogP contribution in [0.2, 0.25) is 0 Å². The number of rotatable bonds is 8. The quantitative estimate of drug-likeness (QED) is 0.542. The first-order chi connectivity index (χ1) is 16.0. The maximum atomic E-state index is 13.5. The summed E-state index contributed by atoms with van der Waals surface area (Å²) in [5.74, 6) is 2.26. The molecule has 1 N–H and O–H groups in total. The van der Waals surface area contributed by atoms with Crippen molar-refractivity contribution in [3.63, 3.8) is 0 Å². The first kappa shape index (κ1) is 23.1. The minimum absolute atomic E-state index is 0.0342. The van der Waals surface area contributed by atoms with Gasteiger partial charge in [0, 0.05) is 57.3 Å². The van der Waals surface area contributed by atoms with Crippen LogP contribution in [0, 0.1) is 0 Å². The Labute approximate surface area is 199 Å². The largest absolute Gasteiger partial charge is 0.485 e. The van der Waals surface area contributed by atoms with E-state index < -0.39 is 0 Å². The molecule has 1 unspecified atom stereocenters. The smallest absolute Gasteiger partial charge is 0.262 e. The van der Waals surface area contributed by atoms with Crippen LogP contribution in [0.25, 0.3) is 0 Å². The average Bonchev–Trinajstić information content (AvgIpc) is 3.32. The molecule has 1 amide bonds. The second-order valence-corrected chi connectivity index (χ2v) is 9.30. The molecule has 0 saturated carbocycles. The van der Waals surface area contributed by atoms with Crippen molar-refractivity contribution in [1.29, 1.82) is 0 Å². The van der Waals surface area contributed by atoms with Crippen molar-refractivity contribution in [1.82, 2.24) is 10.3 Å². The summed E-state index contributed by atoms with van der Waals surface area (Å²) in [7, 11) is 7.83. The fourth-order valence-electron chi connectivity index (χ4n) is 3.89. The van der Waals surface area contributed by atoms with E-state index in [-0.39, 0.29) is 12.0 Å². The number of ether oxygens (including phenoxy) is 1. The molecule has 1 aliphatic heterocycles. The Bertz CT molecular complexity index is 1090. The number of nitrogens with one attached hydrogen (secondary N) is 1. The van der Waals surface area contributed by atoms with Gasteiger partial charge >= 0.3 is 0 Å². The molecule has 0 spiro atoms. The molecule has 0 radical (unpaired) electrons. The van der Waals surface area contributed by atoms with Gasteiger partial charge < -0.3 is 24.8 Å². The topological polar surface area (TPSA) is 60.9 Å². The molecule has 3 aromatic rings. The van der Waals surface area contributed by atoms with E-state index in [0.29, 0.717) is 24.5 Å². The third-order valence-corrected chi connectivity index (χ3v) is 6.70. The zero-order valence-electron chi connectivity index (χ0n) is 19.6. The van der Waals surface area contributed by atoms with E-state index in [4.69, 9.17) is 9.72 Å². The van der Waals surface area contributed by atoms with Crippen LogP contribution in [0.4, 0.5) is 17.3 Å². The lowest BCUT2D eigenvalue weighted by Gasteiger charge is -2.23. The lowest BCUT2D eigenvalue weighted by atomic mass is 10.2. The lowest BCUT2D eigenvalue weighted by Crippen LogP contribution is -2.33. The summed E-state index contributed by atoms with van der Waals surface area (Å²) in [4.78, 5) is 25.2. The third-order valence-electron chi connectivity index (χ3n) is 5.74. The summed E-state index contributed by atoms with van der Waals surface area (Å²) < 4.78 is 6.40. The van der Waals surface area contributed by atoms with E-state index in [1.54, 1.807) is 11.3 Å². The lowest BCUT2D eigenvalue weighted by molar-refractivity contribution is 0.0990. The summed E-state index contributed by atoms with van der Waals surface area (Å²) in [6, 6.07) is 15.7. The molecule has 3 heterocycles. The van der Waals surface area contributed by atoms with Crippen molar-refractivity contribution in [2.24, 2.45) is 0 Å². The van der Waals surface area contributed by atoms with E-state index in [1.165, 1.54) is 4.88 Å². The Balaban J connectivity index is 1.60. The number of aromatic nitrogens is 1. The number of hydrogen-bond acceptors (Lipinski definition) is 7. The van der Waals surface area contributed by atoms with Crippen molar-refractivity contribution in [2.75, 3.05) is 62.5 Å². The fourth-order valence-corrected chi connectivity index (χ4v) is 4.68. The molecule has 1 aromatic carbocycles. The summed E-state index contributed by atoms with van der Waals surface area (Å²) in [5, 5.41) is 5.27. The highest BCUT2D eigenvalue weighted by Crippen LogP contribution is 2.32. The molecule has 0 aliphatic carbocycles. The Kier molecular flexibility index (Phi) is 7.15. The molecule has 8 heteroatoms. The van der Waals surface area contributed by atoms with Gasteiger partial charge in [-0.15, -0.1) is 11.3 Å². The van der Waals surface area contributed by atoms with Crippen LogP contribution in [0.15, 0.2) is 53.9 Å². The zero-order chi connectivity index (χ0) is 23.4. The fraction of sp³-hybridized carbons (Fsp3) is 0.360. The predicted octanol–water partition coefficient (Wildman–Crippen LogP) is 4.04. The van der Waals surface area contributed by atoms with Gasteiger partial charge in [0.2, 0.25) is 0 Å². The van der Waals surface area contributed by atoms with E-state index in [9.17, 15) is 4.79 Å². The average molecular weight is 466 g/mol. The number of anilines is 3. The highest BCUT2D eigenvalue weighted by molar-refractivity contribution is 7.10. The maximum Gasteiger partial charge on any atom is 0.262 e. The van der Waals surface area contributed by atoms with Crippen LogP contribution >= 0.6 is 11.3 Å². The number of hydrogen-bond donors (Lipinski definition) is 1. The molecule has 4 rings (SSSR count). The van der Waals surface area contributed by atoms with Gasteiger partial charge in [0.25, 0.3) is 5.91 Å². The van der Waals surface area contributed by atoms with E-state index >= 15 is 0 Å². The van der Waals surface area contributed by atoms with Gasteiger partial charge in [-0.1, -0.05) is 12.1 Å². The molecule has 0 fully saturated rings. The van der Waals surface area contributed by atoms with E-state index in [0.717, 1.165) is 30.2 Å². The molecule has 174 valence electrons. The Morgan fingerprint density at radius 1 is 1.18 bits per heavy atom. The van der Waals surface area contributed by atoms with Crippen LogP contribution in [-0.4, -0.2) is 58.7 Å². The summed E-state index contributed by atoms with van der Waals surface area (Å²) >= 11 is 1.70. The molecule has 0 saturated heterocycles. The third kappa shape index (κ3) is 5.12. The number of benzene rings is 1. The van der Waals surface area contributed by atoms with E-state index in [1.807, 2.05) is 85.4 Å². The number of thiophene rings is 1. The van der Waals surface area contributed by atoms with Crippen LogP contribution < -0.4 is 24.8 Å². The normalized spacial score (nSPS) is 14.6. The van der Waals surface area contributed by atoms with Crippen molar-refractivity contribution >= 4 is 34.6 Å². The number of carbonyl (C=O) groups excluding carboxylic acids is 1. The standard InChI is InChI=1S/C25H31N5O2S/c1-26-13-12-21(22-9-6-16-33-22)32-19-8-5-7-18(17-19)30-15-14-29(4)24-20(25(30)31)10-11-23(27-24)28(2)3/h5-11,16-17,21,26H,12-15H2,1-4H3. The number of nitrogens with zero attached hydrogens (tertiary/aromatic N) is 4. The monoisotopic (exact) mass is 465 g/mol. The maximum absolute atomic E-state index is 13.5. The minimum atomic E-state index is -0.0469. The number of pyridine rings is 1. The van der Waals surface area contributed by atoms with Gasteiger partial charge in [0.05, 0.1) is 5.56 Å². The van der Waals surface area contributed by atoms with Crippen molar-refractivity contribution in [3.8, 4) is 5.75 Å². The van der Waals surface area contributed by atoms with Gasteiger partial charge in [0.15, 0.2) is 0 Å². The zero-order valence-corrected chi connectivity index (χ0v) is 20.4.